The zero-order valence-electron chi connectivity index (χ0n) is 20.9. The lowest BCUT2D eigenvalue weighted by Crippen LogP contribution is -2.50. The minimum absolute atomic E-state index is 0.309. The number of benzene rings is 2. The number of hydrogen-bond donors (Lipinski definition) is 2. The molecule has 0 amide bonds. The molecule has 0 aliphatic rings. The standard InChI is InChI=1S/C27H33F3N2O3S/c1-25(2,32)14-23(31)26(3,4)24(33)34-15-19(27(28,29)30)16-36-20-11-10-18-12-21(35-22(18)13-20)17-8-6-5-7-9-17/h5-13,19,23H,14-16,31-32H2,1-4H3. The molecule has 9 heteroatoms. The molecule has 2 unspecified atom stereocenters. The maximum atomic E-state index is 13.7. The first-order valence-electron chi connectivity index (χ1n) is 11.7. The zero-order chi connectivity index (χ0) is 26.7. The van der Waals surface area contributed by atoms with Crippen LogP contribution in [0.25, 0.3) is 22.3 Å². The third-order valence-corrected chi connectivity index (χ3v) is 7.23. The third kappa shape index (κ3) is 7.27. The highest BCUT2D eigenvalue weighted by molar-refractivity contribution is 7.99. The maximum absolute atomic E-state index is 13.7. The van der Waals surface area contributed by atoms with Crippen LogP contribution >= 0.6 is 11.8 Å². The van der Waals surface area contributed by atoms with Gasteiger partial charge in [0, 0.05) is 33.2 Å². The number of carbonyl (C=O) groups is 1. The zero-order valence-corrected chi connectivity index (χ0v) is 21.7. The van der Waals surface area contributed by atoms with Crippen molar-refractivity contribution in [3.05, 3.63) is 54.6 Å². The molecule has 0 spiro atoms. The van der Waals surface area contributed by atoms with Crippen LogP contribution in [0.2, 0.25) is 0 Å². The number of halogens is 3. The summed E-state index contributed by atoms with van der Waals surface area (Å²) in [6.07, 6.45) is -4.22. The van der Waals surface area contributed by atoms with E-state index in [-0.39, 0.29) is 5.75 Å². The molecule has 0 saturated carbocycles. The molecule has 3 aromatic rings. The van der Waals surface area contributed by atoms with E-state index in [1.54, 1.807) is 39.8 Å². The molecule has 4 N–H and O–H groups in total. The van der Waals surface area contributed by atoms with Crippen LogP contribution in [0.1, 0.15) is 34.1 Å². The molecule has 0 fully saturated rings. The highest BCUT2D eigenvalue weighted by atomic mass is 32.2. The second kappa shape index (κ2) is 10.9. The van der Waals surface area contributed by atoms with Crippen LogP contribution < -0.4 is 11.5 Å². The first-order valence-corrected chi connectivity index (χ1v) is 12.7. The maximum Gasteiger partial charge on any atom is 0.395 e. The van der Waals surface area contributed by atoms with Gasteiger partial charge in [-0.05, 0) is 58.4 Å². The van der Waals surface area contributed by atoms with Crippen molar-refractivity contribution in [1.29, 1.82) is 0 Å². The number of nitrogens with two attached hydrogens (primary N) is 2. The van der Waals surface area contributed by atoms with E-state index in [2.05, 4.69) is 0 Å². The fourth-order valence-corrected chi connectivity index (χ4v) is 4.65. The summed E-state index contributed by atoms with van der Waals surface area (Å²) in [4.78, 5) is 13.3. The molecule has 2 atom stereocenters. The van der Waals surface area contributed by atoms with E-state index in [0.29, 0.717) is 22.7 Å². The normalized spacial score (nSPS) is 14.6. The molecule has 2 aromatic carbocycles. The highest BCUT2D eigenvalue weighted by Crippen LogP contribution is 2.35. The molecule has 0 radical (unpaired) electrons. The van der Waals surface area contributed by atoms with Gasteiger partial charge in [-0.1, -0.05) is 30.3 Å². The fourth-order valence-electron chi connectivity index (χ4n) is 3.62. The third-order valence-electron chi connectivity index (χ3n) is 6.08. The molecule has 3 rings (SSSR count). The molecule has 0 aliphatic heterocycles. The Bertz CT molecular complexity index is 1170. The summed E-state index contributed by atoms with van der Waals surface area (Å²) in [6, 6.07) is 16.1. The largest absolute Gasteiger partial charge is 0.465 e. The van der Waals surface area contributed by atoms with Gasteiger partial charge < -0.3 is 20.6 Å². The van der Waals surface area contributed by atoms with Crippen molar-refractivity contribution in [2.45, 2.75) is 56.8 Å². The number of rotatable bonds is 10. The van der Waals surface area contributed by atoms with Crippen molar-refractivity contribution in [3.8, 4) is 11.3 Å². The molecule has 0 aliphatic carbocycles. The summed E-state index contributed by atoms with van der Waals surface area (Å²) in [7, 11) is 0. The van der Waals surface area contributed by atoms with Crippen LogP contribution in [0.3, 0.4) is 0 Å². The van der Waals surface area contributed by atoms with Gasteiger partial charge in [-0.15, -0.1) is 11.8 Å². The summed E-state index contributed by atoms with van der Waals surface area (Å²) < 4.78 is 52.2. The van der Waals surface area contributed by atoms with Crippen molar-refractivity contribution in [3.63, 3.8) is 0 Å². The van der Waals surface area contributed by atoms with E-state index in [9.17, 15) is 18.0 Å². The van der Waals surface area contributed by atoms with E-state index in [0.717, 1.165) is 22.7 Å². The lowest BCUT2D eigenvalue weighted by atomic mass is 9.79. The van der Waals surface area contributed by atoms with E-state index in [1.807, 2.05) is 42.5 Å². The van der Waals surface area contributed by atoms with Crippen molar-refractivity contribution >= 4 is 28.7 Å². The van der Waals surface area contributed by atoms with Gasteiger partial charge in [-0.25, -0.2) is 0 Å². The number of ether oxygens (including phenoxy) is 1. The number of furan rings is 1. The molecule has 1 aromatic heterocycles. The molecule has 0 bridgehead atoms. The molecule has 36 heavy (non-hydrogen) atoms. The quantitative estimate of drug-likeness (QED) is 0.237. The minimum atomic E-state index is -4.53. The summed E-state index contributed by atoms with van der Waals surface area (Å²) in [5, 5.41) is 0.860. The first kappa shape index (κ1) is 28.1. The summed E-state index contributed by atoms with van der Waals surface area (Å²) in [5.41, 5.74) is 11.8. The van der Waals surface area contributed by atoms with Crippen LogP contribution in [0.15, 0.2) is 63.9 Å². The number of esters is 1. The number of alkyl halides is 3. The van der Waals surface area contributed by atoms with Gasteiger partial charge in [0.15, 0.2) is 0 Å². The van der Waals surface area contributed by atoms with Gasteiger partial charge in [0.25, 0.3) is 0 Å². The predicted octanol–water partition coefficient (Wildman–Crippen LogP) is 6.39. The Hall–Kier alpha value is -2.49. The Kier molecular flexibility index (Phi) is 8.48. The second-order valence-corrected chi connectivity index (χ2v) is 11.4. The molecule has 1 heterocycles. The van der Waals surface area contributed by atoms with Crippen molar-refractivity contribution in [2.24, 2.45) is 22.8 Å². The van der Waals surface area contributed by atoms with Gasteiger partial charge in [-0.2, -0.15) is 13.2 Å². The van der Waals surface area contributed by atoms with E-state index in [1.165, 1.54) is 0 Å². The lowest BCUT2D eigenvalue weighted by Gasteiger charge is -2.34. The van der Waals surface area contributed by atoms with Gasteiger partial charge in [0.1, 0.15) is 18.0 Å². The van der Waals surface area contributed by atoms with E-state index < -0.39 is 41.7 Å². The van der Waals surface area contributed by atoms with Crippen LogP contribution in [0.4, 0.5) is 13.2 Å². The Morgan fingerprint density at radius 3 is 2.33 bits per heavy atom. The van der Waals surface area contributed by atoms with E-state index in [4.69, 9.17) is 20.6 Å². The Morgan fingerprint density at radius 1 is 1.06 bits per heavy atom. The molecule has 196 valence electrons. The summed E-state index contributed by atoms with van der Waals surface area (Å²) in [6.45, 7) is 5.89. The second-order valence-electron chi connectivity index (χ2n) is 10.3. The number of carbonyl (C=O) groups excluding carboxylic acids is 1. The van der Waals surface area contributed by atoms with Gasteiger partial charge in [0.2, 0.25) is 0 Å². The highest BCUT2D eigenvalue weighted by Gasteiger charge is 2.43. The van der Waals surface area contributed by atoms with Crippen molar-refractivity contribution in [2.75, 3.05) is 12.4 Å². The fraction of sp³-hybridized carbons (Fsp3) is 0.444. The number of hydrogen-bond acceptors (Lipinski definition) is 6. The average Bonchev–Trinajstić information content (AvgIpc) is 3.21. The van der Waals surface area contributed by atoms with Crippen LogP contribution in [0, 0.1) is 11.3 Å². The summed E-state index contributed by atoms with van der Waals surface area (Å²) in [5.74, 6) is -2.23. The van der Waals surface area contributed by atoms with Gasteiger partial charge in [0.05, 0.1) is 11.3 Å². The SMILES string of the molecule is CC(C)(N)CC(N)C(C)(C)C(=O)OCC(CSc1ccc2cc(-c3ccccc3)oc2c1)C(F)(F)F. The smallest absolute Gasteiger partial charge is 0.395 e. The molecule has 0 saturated heterocycles. The molecule has 5 nitrogen and oxygen atoms in total. The van der Waals surface area contributed by atoms with Gasteiger partial charge >= 0.3 is 12.1 Å². The van der Waals surface area contributed by atoms with Crippen molar-refractivity contribution in [1.82, 2.24) is 0 Å². The molecular formula is C27H33F3N2O3S. The number of thioether (sulfide) groups is 1. The van der Waals surface area contributed by atoms with Crippen LogP contribution in [-0.2, 0) is 9.53 Å². The van der Waals surface area contributed by atoms with Crippen LogP contribution in [0.5, 0.6) is 0 Å². The number of fused-ring (bicyclic) bond motifs is 1. The Labute approximate surface area is 213 Å². The van der Waals surface area contributed by atoms with Gasteiger partial charge in [-0.3, -0.25) is 4.79 Å². The first-order chi connectivity index (χ1) is 16.7. The summed E-state index contributed by atoms with van der Waals surface area (Å²) >= 11 is 1.04. The molecular weight excluding hydrogens is 489 g/mol. The lowest BCUT2D eigenvalue weighted by molar-refractivity contribution is -0.188. The van der Waals surface area contributed by atoms with Crippen molar-refractivity contribution < 1.29 is 27.1 Å². The average molecular weight is 523 g/mol. The van der Waals surface area contributed by atoms with Crippen LogP contribution in [-0.4, -0.2) is 36.1 Å². The minimum Gasteiger partial charge on any atom is -0.465 e. The predicted molar refractivity (Wildman–Crippen MR) is 138 cm³/mol. The topological polar surface area (TPSA) is 91.5 Å². The Morgan fingerprint density at radius 2 is 1.72 bits per heavy atom. The monoisotopic (exact) mass is 522 g/mol. The van der Waals surface area contributed by atoms with E-state index >= 15 is 0 Å². The Balaban J connectivity index is 1.65.